The molecule has 0 heterocycles. The van der Waals surface area contributed by atoms with E-state index in [0.717, 1.165) is 18.6 Å². The number of benzene rings is 1. The fourth-order valence-electron chi connectivity index (χ4n) is 1.67. The Morgan fingerprint density at radius 1 is 1.45 bits per heavy atom. The molecule has 0 aliphatic carbocycles. The Bertz CT molecular complexity index is 412. The van der Waals surface area contributed by atoms with Crippen LogP contribution in [0.1, 0.15) is 18.9 Å². The molecule has 0 aromatic heterocycles. The summed E-state index contributed by atoms with van der Waals surface area (Å²) < 4.78 is 18.2. The van der Waals surface area contributed by atoms with E-state index in [1.54, 1.807) is 6.07 Å². The summed E-state index contributed by atoms with van der Waals surface area (Å²) in [5.74, 6) is 5.70. The Morgan fingerprint density at radius 2 is 2.30 bits per heavy atom. The van der Waals surface area contributed by atoms with Gasteiger partial charge in [-0.3, -0.25) is 10.4 Å². The van der Waals surface area contributed by atoms with Crippen molar-refractivity contribution in [1.29, 1.82) is 0 Å². The first kappa shape index (κ1) is 16.4. The summed E-state index contributed by atoms with van der Waals surface area (Å²) in [6.45, 7) is 4.66. The minimum Gasteiger partial charge on any atom is -0.382 e. The number of hydrogen-bond acceptors (Lipinski definition) is 3. The summed E-state index contributed by atoms with van der Waals surface area (Å²) >= 11 is 0. The monoisotopic (exact) mass is 282 g/mol. The number of hydrazine groups is 1. The number of hydrogen-bond donors (Lipinski definition) is 3. The third kappa shape index (κ3) is 7.06. The standard InChI is InChI=1S/C14H23FN4O/c1-2-20-10-4-8-17-14(19-16)18-9-7-12-5-3-6-13(15)11-12/h3,5-6,11H,2,4,7-10,16H2,1H3,(H2,17,18,19). The van der Waals surface area contributed by atoms with Gasteiger partial charge in [0.05, 0.1) is 0 Å². The van der Waals surface area contributed by atoms with Crippen LogP contribution >= 0.6 is 0 Å². The molecule has 0 saturated heterocycles. The molecule has 20 heavy (non-hydrogen) atoms. The van der Waals surface area contributed by atoms with Crippen LogP contribution in [-0.2, 0) is 11.2 Å². The molecule has 0 atom stereocenters. The van der Waals surface area contributed by atoms with E-state index in [1.807, 2.05) is 13.0 Å². The second kappa shape index (κ2) is 10.2. The molecule has 4 N–H and O–H groups in total. The van der Waals surface area contributed by atoms with Crippen LogP contribution in [0.15, 0.2) is 29.3 Å². The highest BCUT2D eigenvalue weighted by Gasteiger charge is 1.98. The van der Waals surface area contributed by atoms with Gasteiger partial charge in [0, 0.05) is 26.3 Å². The molecule has 0 fully saturated rings. The minimum absolute atomic E-state index is 0.218. The molecule has 1 rings (SSSR count). The van der Waals surface area contributed by atoms with Gasteiger partial charge in [0.15, 0.2) is 0 Å². The van der Waals surface area contributed by atoms with Gasteiger partial charge >= 0.3 is 0 Å². The number of halogens is 1. The number of nitrogens with two attached hydrogens (primary N) is 1. The number of guanidine groups is 1. The van der Waals surface area contributed by atoms with E-state index in [0.29, 0.717) is 32.1 Å². The Morgan fingerprint density at radius 3 is 3.00 bits per heavy atom. The topological polar surface area (TPSA) is 71.7 Å². The van der Waals surface area contributed by atoms with Crippen molar-refractivity contribution >= 4 is 5.96 Å². The minimum atomic E-state index is -0.218. The van der Waals surface area contributed by atoms with Crippen molar-refractivity contribution in [2.45, 2.75) is 19.8 Å². The van der Waals surface area contributed by atoms with E-state index >= 15 is 0 Å². The third-order valence-corrected chi connectivity index (χ3v) is 2.65. The molecule has 0 radical (unpaired) electrons. The zero-order valence-electron chi connectivity index (χ0n) is 11.9. The molecule has 0 amide bonds. The average Bonchev–Trinajstić information content (AvgIpc) is 2.45. The van der Waals surface area contributed by atoms with Gasteiger partial charge in [0.2, 0.25) is 5.96 Å². The van der Waals surface area contributed by atoms with Gasteiger partial charge in [-0.2, -0.15) is 0 Å². The van der Waals surface area contributed by atoms with Crippen LogP contribution in [0.3, 0.4) is 0 Å². The van der Waals surface area contributed by atoms with E-state index in [9.17, 15) is 4.39 Å². The second-order valence-electron chi connectivity index (χ2n) is 4.23. The first-order valence-corrected chi connectivity index (χ1v) is 6.83. The van der Waals surface area contributed by atoms with E-state index in [4.69, 9.17) is 10.6 Å². The van der Waals surface area contributed by atoms with Gasteiger partial charge in [0.1, 0.15) is 5.82 Å². The van der Waals surface area contributed by atoms with E-state index < -0.39 is 0 Å². The summed E-state index contributed by atoms with van der Waals surface area (Å²) in [7, 11) is 0. The van der Waals surface area contributed by atoms with Crippen LogP contribution in [0.25, 0.3) is 0 Å². The summed E-state index contributed by atoms with van der Waals surface area (Å²) in [4.78, 5) is 4.28. The predicted octanol–water partition coefficient (Wildman–Crippen LogP) is 1.20. The molecule has 0 saturated carbocycles. The fraction of sp³-hybridized carbons (Fsp3) is 0.500. The van der Waals surface area contributed by atoms with Gasteiger partial charge in [0.25, 0.3) is 0 Å². The highest BCUT2D eigenvalue weighted by molar-refractivity contribution is 5.79. The van der Waals surface area contributed by atoms with Gasteiger partial charge in [-0.15, -0.1) is 0 Å². The van der Waals surface area contributed by atoms with Crippen molar-refractivity contribution in [1.82, 2.24) is 10.7 Å². The fourth-order valence-corrected chi connectivity index (χ4v) is 1.67. The maximum Gasteiger partial charge on any atom is 0.205 e. The van der Waals surface area contributed by atoms with Gasteiger partial charge in [-0.05, 0) is 37.5 Å². The number of nitrogens with zero attached hydrogens (tertiary/aromatic N) is 1. The second-order valence-corrected chi connectivity index (χ2v) is 4.23. The molecule has 6 heteroatoms. The van der Waals surface area contributed by atoms with Crippen molar-refractivity contribution in [3.63, 3.8) is 0 Å². The van der Waals surface area contributed by atoms with Crippen LogP contribution in [0, 0.1) is 5.82 Å². The lowest BCUT2D eigenvalue weighted by atomic mass is 10.1. The first-order valence-electron chi connectivity index (χ1n) is 6.83. The molecular weight excluding hydrogens is 259 g/mol. The van der Waals surface area contributed by atoms with Crippen LogP contribution in [0.5, 0.6) is 0 Å². The average molecular weight is 282 g/mol. The summed E-state index contributed by atoms with van der Waals surface area (Å²) in [5.41, 5.74) is 3.45. The summed E-state index contributed by atoms with van der Waals surface area (Å²) in [6, 6.07) is 6.55. The third-order valence-electron chi connectivity index (χ3n) is 2.65. The molecule has 0 spiro atoms. The Balaban J connectivity index is 2.25. The largest absolute Gasteiger partial charge is 0.382 e. The molecule has 5 nitrogen and oxygen atoms in total. The summed E-state index contributed by atoms with van der Waals surface area (Å²) in [6.07, 6.45) is 1.56. The SMILES string of the molecule is CCOCCCN=C(NN)NCCc1cccc(F)c1. The zero-order chi connectivity index (χ0) is 14.6. The zero-order valence-corrected chi connectivity index (χ0v) is 11.9. The lowest BCUT2D eigenvalue weighted by molar-refractivity contribution is 0.146. The molecule has 1 aromatic carbocycles. The van der Waals surface area contributed by atoms with Crippen LogP contribution < -0.4 is 16.6 Å². The maximum absolute atomic E-state index is 13.0. The number of aliphatic imine (C=N–C) groups is 1. The van der Waals surface area contributed by atoms with Crippen molar-refractivity contribution in [3.05, 3.63) is 35.6 Å². The van der Waals surface area contributed by atoms with Gasteiger partial charge < -0.3 is 10.1 Å². The lowest BCUT2D eigenvalue weighted by Gasteiger charge is -2.09. The predicted molar refractivity (Wildman–Crippen MR) is 78.8 cm³/mol. The lowest BCUT2D eigenvalue weighted by Crippen LogP contribution is -2.42. The molecular formula is C14H23FN4O. The highest BCUT2D eigenvalue weighted by Crippen LogP contribution is 2.03. The Kier molecular flexibility index (Phi) is 8.33. The van der Waals surface area contributed by atoms with Crippen molar-refractivity contribution in [2.24, 2.45) is 10.8 Å². The van der Waals surface area contributed by atoms with E-state index in [-0.39, 0.29) is 5.82 Å². The first-order chi connectivity index (χ1) is 9.76. The van der Waals surface area contributed by atoms with Crippen molar-refractivity contribution in [3.8, 4) is 0 Å². The summed E-state index contributed by atoms with van der Waals surface area (Å²) in [5, 5.41) is 3.08. The van der Waals surface area contributed by atoms with E-state index in [2.05, 4.69) is 15.7 Å². The Labute approximate surface area is 119 Å². The molecule has 0 bridgehead atoms. The maximum atomic E-state index is 13.0. The van der Waals surface area contributed by atoms with Gasteiger partial charge in [-0.25, -0.2) is 10.2 Å². The quantitative estimate of drug-likeness (QED) is 0.220. The normalized spacial score (nSPS) is 11.4. The van der Waals surface area contributed by atoms with Crippen LogP contribution in [0.4, 0.5) is 4.39 Å². The van der Waals surface area contributed by atoms with Gasteiger partial charge in [-0.1, -0.05) is 12.1 Å². The molecule has 1 aromatic rings. The van der Waals surface area contributed by atoms with Crippen LogP contribution in [0.2, 0.25) is 0 Å². The molecule has 0 aliphatic heterocycles. The number of rotatable bonds is 8. The van der Waals surface area contributed by atoms with E-state index in [1.165, 1.54) is 12.1 Å². The molecule has 0 unspecified atom stereocenters. The molecule has 0 aliphatic rings. The van der Waals surface area contributed by atoms with Crippen LogP contribution in [-0.4, -0.2) is 32.3 Å². The number of nitrogens with one attached hydrogen (secondary N) is 2. The molecule has 112 valence electrons. The van der Waals surface area contributed by atoms with Crippen molar-refractivity contribution in [2.75, 3.05) is 26.3 Å². The van der Waals surface area contributed by atoms with Crippen molar-refractivity contribution < 1.29 is 9.13 Å². The highest BCUT2D eigenvalue weighted by atomic mass is 19.1. The Hall–Kier alpha value is -1.66. The number of ether oxygens (including phenoxy) is 1. The smallest absolute Gasteiger partial charge is 0.205 e.